The molecule has 0 aromatic heterocycles. The number of hydrogen-bond acceptors (Lipinski definition) is 6. The predicted molar refractivity (Wildman–Crippen MR) is 56.9 cm³/mol. The van der Waals surface area contributed by atoms with E-state index >= 15 is 0 Å². The first-order valence-corrected chi connectivity index (χ1v) is 5.53. The summed E-state index contributed by atoms with van der Waals surface area (Å²) in [4.78, 5) is 7.69. The number of nitrogens with zero attached hydrogens (tertiary/aromatic N) is 2. The molecule has 0 fully saturated rings. The molecule has 0 amide bonds. The Hall–Kier alpha value is -1.19. The Morgan fingerprint density at radius 2 is 1.33 bits per heavy atom. The summed E-state index contributed by atoms with van der Waals surface area (Å²) in [6.07, 6.45) is 3.47. The van der Waals surface area contributed by atoms with Crippen LogP contribution in [0.2, 0.25) is 0 Å². The van der Waals surface area contributed by atoms with Gasteiger partial charge in [-0.05, 0) is 0 Å². The van der Waals surface area contributed by atoms with E-state index in [9.17, 15) is 0 Å². The Morgan fingerprint density at radius 3 is 1.40 bits per heavy atom. The van der Waals surface area contributed by atoms with Gasteiger partial charge in [-0.15, -0.1) is 0 Å². The smallest absolute Gasteiger partial charge is 0.375 e. The van der Waals surface area contributed by atoms with E-state index < -0.39 is 10.4 Å². The van der Waals surface area contributed by atoms with E-state index in [0.29, 0.717) is 0 Å². The molecule has 8 nitrogen and oxygen atoms in total. The Kier molecular flexibility index (Phi) is 7.50. The highest BCUT2D eigenvalue weighted by Crippen LogP contribution is 1.69. The van der Waals surface area contributed by atoms with Crippen molar-refractivity contribution in [2.24, 2.45) is 9.98 Å². The molecule has 0 aromatic rings. The molecule has 0 spiro atoms. The Bertz CT molecular complexity index is 264. The number of rotatable bonds is 0. The van der Waals surface area contributed by atoms with E-state index in [1.165, 1.54) is 0 Å². The van der Waals surface area contributed by atoms with Gasteiger partial charge in [0, 0.05) is 13.1 Å². The molecule has 0 radical (unpaired) electrons. The topological polar surface area (TPSA) is 123 Å². The van der Waals surface area contributed by atoms with Crippen LogP contribution in [0.15, 0.2) is 9.98 Å². The minimum absolute atomic E-state index is 0.958. The summed E-state index contributed by atoms with van der Waals surface area (Å²) >= 11 is 0. The van der Waals surface area contributed by atoms with Crippen molar-refractivity contribution in [3.05, 3.63) is 0 Å². The average Bonchev–Trinajstić information content (AvgIpc) is 2.81. The van der Waals surface area contributed by atoms with Gasteiger partial charge in [0.2, 0.25) is 0 Å². The summed E-state index contributed by atoms with van der Waals surface area (Å²) in [5.74, 6) is 0. The second-order valence-corrected chi connectivity index (χ2v) is 3.32. The van der Waals surface area contributed by atoms with Crippen molar-refractivity contribution in [3.63, 3.8) is 0 Å². The van der Waals surface area contributed by atoms with Crippen LogP contribution in [-0.4, -0.2) is 56.4 Å². The zero-order valence-electron chi connectivity index (χ0n) is 8.00. The molecule has 2 aliphatic rings. The maximum atomic E-state index is 8.74. The van der Waals surface area contributed by atoms with Crippen molar-refractivity contribution in [1.29, 1.82) is 0 Å². The molecule has 88 valence electrons. The lowest BCUT2D eigenvalue weighted by Gasteiger charge is -1.75. The summed E-state index contributed by atoms with van der Waals surface area (Å²) < 4.78 is 31.6. The molecule has 2 heterocycles. The molecule has 9 heteroatoms. The molecule has 0 saturated heterocycles. The molecule has 0 saturated carbocycles. The third kappa shape index (κ3) is 19.3. The zero-order chi connectivity index (χ0) is 11.6. The van der Waals surface area contributed by atoms with Crippen LogP contribution in [0.4, 0.5) is 0 Å². The van der Waals surface area contributed by atoms with E-state index in [0.717, 1.165) is 26.2 Å². The molecule has 0 bridgehead atoms. The molecule has 0 unspecified atom stereocenters. The van der Waals surface area contributed by atoms with Gasteiger partial charge in [-0.1, -0.05) is 0 Å². The van der Waals surface area contributed by atoms with Crippen LogP contribution in [0.3, 0.4) is 0 Å². The predicted octanol–water partition coefficient (Wildman–Crippen LogP) is -1.42. The van der Waals surface area contributed by atoms with Crippen molar-refractivity contribution in [1.82, 2.24) is 10.6 Å². The van der Waals surface area contributed by atoms with Gasteiger partial charge in [0.1, 0.15) is 0 Å². The lowest BCUT2D eigenvalue weighted by molar-refractivity contribution is 0.381. The van der Waals surface area contributed by atoms with Crippen molar-refractivity contribution in [3.8, 4) is 0 Å². The van der Waals surface area contributed by atoms with E-state index in [1.54, 1.807) is 12.7 Å². The van der Waals surface area contributed by atoms with Crippen LogP contribution in [0.5, 0.6) is 0 Å². The standard InChI is InChI=1S/2C3H6N2.H2O4S/c2*1-2-5-3-4-1;1-5(2,3)4/h2*3H,1-2H2,(H,4,5);(H2,1,2,3,4). The molecule has 0 atom stereocenters. The SMILES string of the molecule is C1=NCCN1.C1=NCCN1.O=S(=O)(O)O. The van der Waals surface area contributed by atoms with E-state index in [4.69, 9.17) is 17.5 Å². The second kappa shape index (κ2) is 8.15. The van der Waals surface area contributed by atoms with Crippen molar-refractivity contribution in [2.75, 3.05) is 26.2 Å². The van der Waals surface area contributed by atoms with Crippen LogP contribution in [0.25, 0.3) is 0 Å². The van der Waals surface area contributed by atoms with Crippen molar-refractivity contribution < 1.29 is 17.5 Å². The van der Waals surface area contributed by atoms with Gasteiger partial charge in [0.25, 0.3) is 0 Å². The lowest BCUT2D eigenvalue weighted by Crippen LogP contribution is -2.04. The third-order valence-electron chi connectivity index (χ3n) is 1.14. The normalized spacial score (nSPS) is 16.7. The maximum Gasteiger partial charge on any atom is 0.394 e. The van der Waals surface area contributed by atoms with Gasteiger partial charge in [-0.25, -0.2) is 0 Å². The molecular formula is C6H14N4O4S. The number of nitrogens with one attached hydrogen (secondary N) is 2. The van der Waals surface area contributed by atoms with Crippen molar-refractivity contribution in [2.45, 2.75) is 0 Å². The van der Waals surface area contributed by atoms with Crippen molar-refractivity contribution >= 4 is 23.1 Å². The quantitative estimate of drug-likeness (QED) is 0.384. The van der Waals surface area contributed by atoms with E-state index in [2.05, 4.69) is 20.6 Å². The molecule has 0 aliphatic carbocycles. The fourth-order valence-corrected chi connectivity index (χ4v) is 0.645. The first kappa shape index (κ1) is 13.8. The lowest BCUT2D eigenvalue weighted by atomic mass is 10.7. The number of aliphatic imine (C=N–C) groups is 2. The second-order valence-electron chi connectivity index (χ2n) is 2.43. The van der Waals surface area contributed by atoms with Gasteiger partial charge in [-0.3, -0.25) is 19.1 Å². The molecule has 0 aromatic carbocycles. The summed E-state index contributed by atoms with van der Waals surface area (Å²) in [5, 5.41) is 5.86. The minimum atomic E-state index is -4.67. The average molecular weight is 238 g/mol. The highest BCUT2D eigenvalue weighted by atomic mass is 32.3. The van der Waals surface area contributed by atoms with E-state index in [-0.39, 0.29) is 0 Å². The summed E-state index contributed by atoms with van der Waals surface area (Å²) in [5.41, 5.74) is 0. The first-order valence-electron chi connectivity index (χ1n) is 4.13. The van der Waals surface area contributed by atoms with Gasteiger partial charge < -0.3 is 10.6 Å². The fourth-order valence-electron chi connectivity index (χ4n) is 0.645. The Balaban J connectivity index is 0.000000196. The summed E-state index contributed by atoms with van der Waals surface area (Å²) in [7, 11) is -4.67. The fraction of sp³-hybridized carbons (Fsp3) is 0.667. The number of hydrogen-bond donors (Lipinski definition) is 4. The molecule has 4 N–H and O–H groups in total. The summed E-state index contributed by atoms with van der Waals surface area (Å²) in [6, 6.07) is 0. The molecule has 15 heavy (non-hydrogen) atoms. The monoisotopic (exact) mass is 238 g/mol. The molecule has 2 rings (SSSR count). The van der Waals surface area contributed by atoms with Gasteiger partial charge in [-0.2, -0.15) is 8.42 Å². The maximum absolute atomic E-state index is 8.74. The highest BCUT2D eigenvalue weighted by molar-refractivity contribution is 7.79. The molecule has 2 aliphatic heterocycles. The summed E-state index contributed by atoms with van der Waals surface area (Å²) in [6.45, 7) is 3.97. The minimum Gasteiger partial charge on any atom is -0.375 e. The highest BCUT2D eigenvalue weighted by Gasteiger charge is 1.84. The van der Waals surface area contributed by atoms with Gasteiger partial charge >= 0.3 is 10.4 Å². The van der Waals surface area contributed by atoms with Crippen LogP contribution < -0.4 is 10.6 Å². The van der Waals surface area contributed by atoms with Gasteiger partial charge in [0.15, 0.2) is 0 Å². The zero-order valence-corrected chi connectivity index (χ0v) is 8.81. The Morgan fingerprint density at radius 1 is 1.00 bits per heavy atom. The third-order valence-corrected chi connectivity index (χ3v) is 1.14. The molecular weight excluding hydrogens is 224 g/mol. The van der Waals surface area contributed by atoms with Crippen LogP contribution >= 0.6 is 0 Å². The van der Waals surface area contributed by atoms with E-state index in [1.807, 2.05) is 0 Å². The van der Waals surface area contributed by atoms with Gasteiger partial charge in [0.05, 0.1) is 25.8 Å². The van der Waals surface area contributed by atoms with Crippen LogP contribution in [-0.2, 0) is 10.4 Å². The first-order chi connectivity index (χ1) is 7.00. The van der Waals surface area contributed by atoms with Crippen LogP contribution in [0.1, 0.15) is 0 Å². The Labute approximate surface area is 88.1 Å². The van der Waals surface area contributed by atoms with Crippen LogP contribution in [0, 0.1) is 0 Å². The largest absolute Gasteiger partial charge is 0.394 e.